The van der Waals surface area contributed by atoms with E-state index in [9.17, 15) is 9.90 Å². The van der Waals surface area contributed by atoms with Crippen molar-refractivity contribution in [2.45, 2.75) is 30.7 Å². The molecule has 0 bridgehead atoms. The van der Waals surface area contributed by atoms with Crippen LogP contribution in [0, 0.1) is 6.92 Å². The highest BCUT2D eigenvalue weighted by atomic mass is 32.2. The normalized spacial score (nSPS) is 12.1. The van der Waals surface area contributed by atoms with E-state index in [-0.39, 0.29) is 0 Å². The molecule has 0 radical (unpaired) electrons. The van der Waals surface area contributed by atoms with Crippen molar-refractivity contribution in [2.75, 3.05) is 0 Å². The minimum Gasteiger partial charge on any atom is -0.480 e. The van der Waals surface area contributed by atoms with Crippen molar-refractivity contribution in [3.63, 3.8) is 0 Å². The lowest BCUT2D eigenvalue weighted by atomic mass is 10.0. The van der Waals surface area contributed by atoms with Gasteiger partial charge in [0.1, 0.15) is 10.9 Å². The molecule has 1 heterocycles. The zero-order valence-electron chi connectivity index (χ0n) is 14.1. The number of thioether (sulfide) groups is 1. The van der Waals surface area contributed by atoms with E-state index in [1.54, 1.807) is 0 Å². The zero-order valence-corrected chi connectivity index (χ0v) is 14.9. The number of nitrogens with zero attached hydrogens (tertiary/aromatic N) is 1. The Morgan fingerprint density at radius 1 is 1.12 bits per heavy atom. The molecule has 0 saturated carbocycles. The van der Waals surface area contributed by atoms with E-state index in [4.69, 9.17) is 4.42 Å². The number of aromatic nitrogens is 1. The molecular weight excluding hydrogens is 334 g/mol. The molecule has 1 N–H and O–H groups in total. The van der Waals surface area contributed by atoms with Gasteiger partial charge >= 0.3 is 5.97 Å². The Morgan fingerprint density at radius 2 is 1.80 bits per heavy atom. The predicted molar refractivity (Wildman–Crippen MR) is 99.7 cm³/mol. The van der Waals surface area contributed by atoms with Crippen LogP contribution in [-0.4, -0.2) is 21.3 Å². The van der Waals surface area contributed by atoms with Crippen LogP contribution in [0.15, 0.2) is 64.2 Å². The summed E-state index contributed by atoms with van der Waals surface area (Å²) in [7, 11) is 0. The summed E-state index contributed by atoms with van der Waals surface area (Å²) in [5, 5.41) is 9.09. The van der Waals surface area contributed by atoms with E-state index in [1.807, 2.05) is 68.4 Å². The second-order valence-electron chi connectivity index (χ2n) is 5.74. The largest absolute Gasteiger partial charge is 0.480 e. The molecule has 1 aromatic heterocycles. The molecule has 2 aromatic carbocycles. The molecule has 5 heteroatoms. The fraction of sp³-hybridized carbons (Fsp3) is 0.200. The lowest BCUT2D eigenvalue weighted by molar-refractivity contribution is -0.136. The molecule has 0 spiro atoms. The van der Waals surface area contributed by atoms with Crippen molar-refractivity contribution in [2.24, 2.45) is 0 Å². The number of carbonyl (C=O) groups is 1. The topological polar surface area (TPSA) is 63.3 Å². The van der Waals surface area contributed by atoms with Crippen molar-refractivity contribution in [1.82, 2.24) is 4.98 Å². The summed E-state index contributed by atoms with van der Waals surface area (Å²) in [6.45, 7) is 3.87. The number of hydrogen-bond donors (Lipinski definition) is 1. The molecule has 1 unspecified atom stereocenters. The number of hydrogen-bond acceptors (Lipinski definition) is 4. The molecule has 0 aliphatic carbocycles. The Labute approximate surface area is 150 Å². The molecule has 0 aliphatic heterocycles. The van der Waals surface area contributed by atoms with Crippen LogP contribution in [0.4, 0.5) is 0 Å². The molecule has 128 valence electrons. The number of aryl methyl sites for hydroxylation is 1. The maximum Gasteiger partial charge on any atom is 0.317 e. The minimum atomic E-state index is -0.858. The number of aliphatic carboxylic acids is 1. The van der Waals surface area contributed by atoms with Gasteiger partial charge in [0.05, 0.1) is 0 Å². The third-order valence-corrected chi connectivity index (χ3v) is 5.05. The van der Waals surface area contributed by atoms with Gasteiger partial charge in [0.25, 0.3) is 5.22 Å². The zero-order chi connectivity index (χ0) is 17.8. The highest BCUT2D eigenvalue weighted by Gasteiger charge is 2.23. The van der Waals surface area contributed by atoms with Gasteiger partial charge in [-0.05, 0) is 13.3 Å². The maximum atomic E-state index is 11.3. The summed E-state index contributed by atoms with van der Waals surface area (Å²) < 4.78 is 5.96. The first-order valence-electron chi connectivity index (χ1n) is 8.11. The van der Waals surface area contributed by atoms with Crippen LogP contribution in [0.5, 0.6) is 0 Å². The van der Waals surface area contributed by atoms with Crippen molar-refractivity contribution in [3.8, 4) is 22.6 Å². The van der Waals surface area contributed by atoms with Gasteiger partial charge in [0, 0.05) is 11.1 Å². The van der Waals surface area contributed by atoms with E-state index < -0.39 is 11.2 Å². The summed E-state index contributed by atoms with van der Waals surface area (Å²) >= 11 is 1.15. The number of rotatable bonds is 6. The van der Waals surface area contributed by atoms with Gasteiger partial charge in [-0.25, -0.2) is 4.98 Å². The molecule has 4 nitrogen and oxygen atoms in total. The standard InChI is InChI=1S/C20H19NO3S/c1-3-16(19(22)23)25-20-21-17(14-11-9-13(2)10-12-14)18(24-20)15-7-5-4-6-8-15/h4-12,16H,3H2,1-2H3,(H,22,23). The van der Waals surface area contributed by atoms with Gasteiger partial charge in [0.2, 0.25) is 0 Å². The number of carboxylic acids is 1. The molecule has 0 amide bonds. The molecule has 3 rings (SSSR count). The highest BCUT2D eigenvalue weighted by Crippen LogP contribution is 2.37. The summed E-state index contributed by atoms with van der Waals surface area (Å²) in [4.78, 5) is 15.9. The van der Waals surface area contributed by atoms with Crippen LogP contribution in [0.2, 0.25) is 0 Å². The molecule has 3 aromatic rings. The van der Waals surface area contributed by atoms with Crippen LogP contribution >= 0.6 is 11.8 Å². The lowest BCUT2D eigenvalue weighted by Crippen LogP contribution is -2.14. The van der Waals surface area contributed by atoms with E-state index >= 15 is 0 Å². The monoisotopic (exact) mass is 353 g/mol. The maximum absolute atomic E-state index is 11.3. The van der Waals surface area contributed by atoms with Crippen LogP contribution in [0.3, 0.4) is 0 Å². The number of oxazole rings is 1. The third kappa shape index (κ3) is 3.94. The van der Waals surface area contributed by atoms with Crippen LogP contribution in [-0.2, 0) is 4.79 Å². The number of carboxylic acid groups (broad SMARTS) is 1. The SMILES string of the molecule is CCC(Sc1nc(-c2ccc(C)cc2)c(-c2ccccc2)o1)C(=O)O. The summed E-state index contributed by atoms with van der Waals surface area (Å²) in [6.07, 6.45) is 0.503. The van der Waals surface area contributed by atoms with Crippen molar-refractivity contribution >= 4 is 17.7 Å². The fourth-order valence-corrected chi connectivity index (χ4v) is 3.26. The first kappa shape index (κ1) is 17.3. The molecule has 25 heavy (non-hydrogen) atoms. The minimum absolute atomic E-state index is 0.378. The third-order valence-electron chi connectivity index (χ3n) is 3.86. The summed E-state index contributed by atoms with van der Waals surface area (Å²) in [6, 6.07) is 17.8. The average Bonchev–Trinajstić information content (AvgIpc) is 3.05. The van der Waals surface area contributed by atoms with Gasteiger partial charge in [-0.2, -0.15) is 0 Å². The Hall–Kier alpha value is -2.53. The molecule has 0 fully saturated rings. The molecular formula is C20H19NO3S. The predicted octanol–water partition coefficient (Wildman–Crippen LogP) is 5.27. The summed E-state index contributed by atoms with van der Waals surface area (Å²) in [5.41, 5.74) is 3.76. The molecule has 0 aliphatic rings. The Morgan fingerprint density at radius 3 is 2.40 bits per heavy atom. The Balaban J connectivity index is 2.05. The Bertz CT molecular complexity index is 856. The van der Waals surface area contributed by atoms with Gasteiger partial charge in [0.15, 0.2) is 5.76 Å². The van der Waals surface area contributed by atoms with E-state index in [1.165, 1.54) is 5.56 Å². The van der Waals surface area contributed by atoms with Gasteiger partial charge in [-0.3, -0.25) is 4.79 Å². The Kier molecular flexibility index (Phi) is 5.24. The van der Waals surface area contributed by atoms with Gasteiger partial charge in [-0.15, -0.1) is 0 Å². The number of benzene rings is 2. The van der Waals surface area contributed by atoms with Gasteiger partial charge < -0.3 is 9.52 Å². The van der Waals surface area contributed by atoms with Crippen LogP contribution < -0.4 is 0 Å². The highest BCUT2D eigenvalue weighted by molar-refractivity contribution is 8.00. The van der Waals surface area contributed by atoms with E-state index in [0.29, 0.717) is 17.4 Å². The van der Waals surface area contributed by atoms with Crippen LogP contribution in [0.25, 0.3) is 22.6 Å². The summed E-state index contributed by atoms with van der Waals surface area (Å²) in [5.74, 6) is -0.198. The molecule has 1 atom stereocenters. The van der Waals surface area contributed by atoms with Crippen molar-refractivity contribution in [1.29, 1.82) is 0 Å². The first-order valence-corrected chi connectivity index (χ1v) is 8.99. The second kappa shape index (κ2) is 7.57. The molecule has 0 saturated heterocycles. The first-order chi connectivity index (χ1) is 12.1. The van der Waals surface area contributed by atoms with E-state index in [0.717, 1.165) is 28.6 Å². The second-order valence-corrected chi connectivity index (χ2v) is 6.90. The lowest BCUT2D eigenvalue weighted by Gasteiger charge is -2.04. The fourth-order valence-electron chi connectivity index (χ4n) is 2.47. The van der Waals surface area contributed by atoms with Gasteiger partial charge in [-0.1, -0.05) is 78.8 Å². The average molecular weight is 353 g/mol. The van der Waals surface area contributed by atoms with Crippen molar-refractivity contribution in [3.05, 3.63) is 60.2 Å². The van der Waals surface area contributed by atoms with E-state index in [2.05, 4.69) is 4.98 Å². The van der Waals surface area contributed by atoms with Crippen LogP contribution in [0.1, 0.15) is 18.9 Å². The van der Waals surface area contributed by atoms with Crippen molar-refractivity contribution < 1.29 is 14.3 Å². The quantitative estimate of drug-likeness (QED) is 0.611. The smallest absolute Gasteiger partial charge is 0.317 e.